The first kappa shape index (κ1) is 23.1. The lowest BCUT2D eigenvalue weighted by Crippen LogP contribution is -2.38. The fourth-order valence-electron chi connectivity index (χ4n) is 3.21. The molecule has 170 valence electrons. The molecule has 10 nitrogen and oxygen atoms in total. The molecular weight excluding hydrogens is 424 g/mol. The summed E-state index contributed by atoms with van der Waals surface area (Å²) in [6.07, 6.45) is 0. The van der Waals surface area contributed by atoms with E-state index in [1.54, 1.807) is 0 Å². The first-order valence-electron chi connectivity index (χ1n) is 9.99. The van der Waals surface area contributed by atoms with Crippen LogP contribution in [0.4, 0.5) is 17.1 Å². The molecule has 0 fully saturated rings. The molecule has 10 heteroatoms. The number of rotatable bonds is 6. The number of hydrogen-bond acceptors (Lipinski definition) is 7. The van der Waals surface area contributed by atoms with Crippen molar-refractivity contribution in [3.8, 4) is 11.8 Å². The number of carbonyl (C=O) groups is 1. The van der Waals surface area contributed by atoms with E-state index in [4.69, 9.17) is 0 Å². The van der Waals surface area contributed by atoms with E-state index < -0.39 is 22.8 Å². The van der Waals surface area contributed by atoms with Crippen molar-refractivity contribution >= 4 is 23.0 Å². The first-order valence-corrected chi connectivity index (χ1v) is 9.99. The van der Waals surface area contributed by atoms with Crippen molar-refractivity contribution in [2.75, 3.05) is 24.7 Å². The van der Waals surface area contributed by atoms with Crippen LogP contribution in [0, 0.1) is 11.3 Å². The Balaban J connectivity index is 2.15. The van der Waals surface area contributed by atoms with E-state index in [2.05, 4.69) is 10.6 Å². The number of phenolic OH excluding ortho intramolecular Hbond substituents is 1. The molecule has 0 unspecified atom stereocenters. The highest BCUT2D eigenvalue weighted by molar-refractivity contribution is 5.99. The van der Waals surface area contributed by atoms with Crippen molar-refractivity contribution in [1.82, 2.24) is 14.3 Å². The van der Waals surface area contributed by atoms with Gasteiger partial charge in [0.25, 0.3) is 17.0 Å². The lowest BCUT2D eigenvalue weighted by molar-refractivity contribution is 0.0824. The Hall–Kier alpha value is -4.52. The SMILES string of the molecule is CN(C)C(=O)c1cc(C#N)cc(Nc2c(NCc3ccccc3)c(=O)n(C)n(C)c2=O)c1O. The average molecular weight is 448 g/mol. The number of carbonyl (C=O) groups excluding carboxylic acids is 1. The van der Waals surface area contributed by atoms with Crippen LogP contribution in [0.2, 0.25) is 0 Å². The molecule has 0 aliphatic carbocycles. The van der Waals surface area contributed by atoms with Crippen molar-refractivity contribution in [3.05, 3.63) is 79.9 Å². The zero-order valence-corrected chi connectivity index (χ0v) is 18.7. The highest BCUT2D eigenvalue weighted by Crippen LogP contribution is 2.33. The number of nitrogens with one attached hydrogen (secondary N) is 2. The van der Waals surface area contributed by atoms with E-state index in [1.807, 2.05) is 36.4 Å². The van der Waals surface area contributed by atoms with Crippen LogP contribution in [0.25, 0.3) is 0 Å². The molecule has 1 aromatic heterocycles. The number of benzene rings is 2. The second-order valence-electron chi connectivity index (χ2n) is 7.60. The van der Waals surface area contributed by atoms with Crippen molar-refractivity contribution in [2.45, 2.75) is 6.54 Å². The molecule has 0 aliphatic heterocycles. The van der Waals surface area contributed by atoms with Crippen LogP contribution >= 0.6 is 0 Å². The predicted molar refractivity (Wildman–Crippen MR) is 125 cm³/mol. The van der Waals surface area contributed by atoms with Crippen LogP contribution in [-0.2, 0) is 20.6 Å². The number of anilines is 3. The van der Waals surface area contributed by atoms with Gasteiger partial charge in [0, 0.05) is 34.7 Å². The minimum absolute atomic E-state index is 0.00769. The van der Waals surface area contributed by atoms with Gasteiger partial charge in [-0.1, -0.05) is 30.3 Å². The molecule has 1 amide bonds. The molecule has 0 bridgehead atoms. The van der Waals surface area contributed by atoms with E-state index in [-0.39, 0.29) is 34.7 Å². The van der Waals surface area contributed by atoms with E-state index in [0.717, 1.165) is 14.9 Å². The van der Waals surface area contributed by atoms with Gasteiger partial charge in [-0.25, -0.2) is 9.36 Å². The van der Waals surface area contributed by atoms with Gasteiger partial charge in [-0.15, -0.1) is 0 Å². The third-order valence-electron chi connectivity index (χ3n) is 5.16. The van der Waals surface area contributed by atoms with E-state index in [9.17, 15) is 24.8 Å². The molecule has 3 rings (SSSR count). The smallest absolute Gasteiger partial charge is 0.290 e. The standard InChI is InChI=1S/C23H24N6O4/c1-27(2)21(31)16-10-15(12-24)11-17(20(16)30)26-19-18(22(32)28(3)29(4)23(19)33)25-13-14-8-6-5-7-9-14/h5-11,25-26,30H,13H2,1-4H3. The van der Waals surface area contributed by atoms with Crippen LogP contribution in [0.3, 0.4) is 0 Å². The summed E-state index contributed by atoms with van der Waals surface area (Å²) >= 11 is 0. The van der Waals surface area contributed by atoms with Gasteiger partial charge < -0.3 is 20.6 Å². The number of aromatic hydroxyl groups is 1. The molecule has 3 N–H and O–H groups in total. The summed E-state index contributed by atoms with van der Waals surface area (Å²) in [6.45, 7) is 0.270. The van der Waals surface area contributed by atoms with E-state index >= 15 is 0 Å². The van der Waals surface area contributed by atoms with Crippen molar-refractivity contribution in [3.63, 3.8) is 0 Å². The molecule has 33 heavy (non-hydrogen) atoms. The Kier molecular flexibility index (Phi) is 6.53. The van der Waals surface area contributed by atoms with Crippen molar-refractivity contribution in [1.29, 1.82) is 5.26 Å². The molecule has 0 spiro atoms. The number of aromatic nitrogens is 2. The topological polar surface area (TPSA) is 132 Å². The summed E-state index contributed by atoms with van der Waals surface area (Å²) < 4.78 is 2.28. The molecule has 0 aliphatic rings. The lowest BCUT2D eigenvalue weighted by atomic mass is 10.1. The first-order chi connectivity index (χ1) is 15.6. The van der Waals surface area contributed by atoms with Crippen LogP contribution in [-0.4, -0.2) is 39.4 Å². The normalized spacial score (nSPS) is 10.4. The largest absolute Gasteiger partial charge is 0.505 e. The zero-order chi connectivity index (χ0) is 24.3. The summed E-state index contributed by atoms with van der Waals surface area (Å²) in [7, 11) is 5.91. The van der Waals surface area contributed by atoms with Crippen LogP contribution in [0.15, 0.2) is 52.1 Å². The minimum Gasteiger partial charge on any atom is -0.505 e. The fourth-order valence-corrected chi connectivity index (χ4v) is 3.21. The Morgan fingerprint density at radius 1 is 1.06 bits per heavy atom. The molecule has 3 aromatic rings. The van der Waals surface area contributed by atoms with E-state index in [0.29, 0.717) is 0 Å². The number of nitriles is 1. The van der Waals surface area contributed by atoms with Crippen molar-refractivity contribution < 1.29 is 9.90 Å². The second kappa shape index (κ2) is 9.32. The Labute approximate surface area is 189 Å². The quantitative estimate of drug-likeness (QED) is 0.489. The Morgan fingerprint density at radius 3 is 2.24 bits per heavy atom. The van der Waals surface area contributed by atoms with Gasteiger partial charge in [0.2, 0.25) is 0 Å². The van der Waals surface area contributed by atoms with Gasteiger partial charge in [0.1, 0.15) is 11.4 Å². The van der Waals surface area contributed by atoms with Gasteiger partial charge >= 0.3 is 0 Å². The Morgan fingerprint density at radius 2 is 1.67 bits per heavy atom. The molecule has 0 saturated carbocycles. The molecule has 2 aromatic carbocycles. The van der Waals surface area contributed by atoms with Gasteiger partial charge in [0.05, 0.1) is 22.9 Å². The molecule has 0 atom stereocenters. The van der Waals surface area contributed by atoms with Crippen LogP contribution in [0.5, 0.6) is 5.75 Å². The number of phenols is 1. The monoisotopic (exact) mass is 448 g/mol. The molecule has 0 saturated heterocycles. The maximum Gasteiger partial charge on any atom is 0.290 e. The van der Waals surface area contributed by atoms with Gasteiger partial charge in [0.15, 0.2) is 5.75 Å². The van der Waals surface area contributed by atoms with Gasteiger partial charge in [-0.05, 0) is 17.7 Å². The van der Waals surface area contributed by atoms with E-state index in [1.165, 1.54) is 45.2 Å². The summed E-state index contributed by atoms with van der Waals surface area (Å²) in [4.78, 5) is 39.8. The maximum atomic E-state index is 13.1. The molecule has 0 radical (unpaired) electrons. The summed E-state index contributed by atoms with van der Waals surface area (Å²) in [5.74, 6) is -0.962. The van der Waals surface area contributed by atoms with Crippen LogP contribution in [0.1, 0.15) is 21.5 Å². The summed E-state index contributed by atoms with van der Waals surface area (Å²) in [5, 5.41) is 25.9. The highest BCUT2D eigenvalue weighted by Gasteiger charge is 2.22. The Bertz CT molecular complexity index is 1370. The lowest BCUT2D eigenvalue weighted by Gasteiger charge is -2.19. The fraction of sp³-hybridized carbons (Fsp3) is 0.217. The molecule has 1 heterocycles. The second-order valence-corrected chi connectivity index (χ2v) is 7.60. The summed E-state index contributed by atoms with van der Waals surface area (Å²) in [6, 6.07) is 13.8. The third kappa shape index (κ3) is 4.57. The number of nitrogens with zero attached hydrogens (tertiary/aromatic N) is 4. The summed E-state index contributed by atoms with van der Waals surface area (Å²) in [5.41, 5.74) is -0.324. The number of amides is 1. The average Bonchev–Trinajstić information content (AvgIpc) is 2.82. The molecular formula is C23H24N6O4. The maximum absolute atomic E-state index is 13.1. The minimum atomic E-state index is -0.546. The third-order valence-corrected chi connectivity index (χ3v) is 5.16. The number of hydrogen-bond donors (Lipinski definition) is 3. The van der Waals surface area contributed by atoms with Crippen LogP contribution < -0.4 is 21.8 Å². The van der Waals surface area contributed by atoms with Gasteiger partial charge in [-0.2, -0.15) is 5.26 Å². The zero-order valence-electron chi connectivity index (χ0n) is 18.7. The van der Waals surface area contributed by atoms with Gasteiger partial charge in [-0.3, -0.25) is 14.4 Å². The highest BCUT2D eigenvalue weighted by atomic mass is 16.3. The predicted octanol–water partition coefficient (Wildman–Crippen LogP) is 1.72. The van der Waals surface area contributed by atoms with Crippen molar-refractivity contribution in [2.24, 2.45) is 14.1 Å².